The molecule has 5 nitrogen and oxygen atoms in total. The standard InChI is InChI=1S/C18H34N4O.HI/c1-19-17(22-12-15-6-4-5-7-16(15)13-22)20-14-18(21(2)3)8-10-23-11-9-18;/h15-16H,4-14H2,1-3H3,(H,19,20);1H. The lowest BCUT2D eigenvalue weighted by atomic mass is 9.82. The molecule has 2 saturated heterocycles. The number of likely N-dealkylation sites (N-methyl/N-ethyl adjacent to an activating group) is 1. The fraction of sp³-hybridized carbons (Fsp3) is 0.944. The molecule has 0 amide bonds. The SMILES string of the molecule is CN=C(NCC1(N(C)C)CCOCC1)N1CC2CCCCC2C1.I. The van der Waals surface area contributed by atoms with Crippen LogP contribution in [0.2, 0.25) is 0 Å². The summed E-state index contributed by atoms with van der Waals surface area (Å²) >= 11 is 0. The number of hydrogen-bond acceptors (Lipinski definition) is 3. The van der Waals surface area contributed by atoms with E-state index >= 15 is 0 Å². The molecule has 2 atom stereocenters. The van der Waals surface area contributed by atoms with Crippen molar-refractivity contribution in [1.82, 2.24) is 15.1 Å². The van der Waals surface area contributed by atoms with E-state index in [9.17, 15) is 0 Å². The molecule has 0 aromatic carbocycles. The lowest BCUT2D eigenvalue weighted by Gasteiger charge is -2.43. The predicted octanol–water partition coefficient (Wildman–Crippen LogP) is 2.41. The zero-order valence-electron chi connectivity index (χ0n) is 15.6. The number of aliphatic imine (C=N–C) groups is 1. The predicted molar refractivity (Wildman–Crippen MR) is 110 cm³/mol. The van der Waals surface area contributed by atoms with Gasteiger partial charge in [0.15, 0.2) is 5.96 Å². The largest absolute Gasteiger partial charge is 0.381 e. The van der Waals surface area contributed by atoms with E-state index in [-0.39, 0.29) is 29.5 Å². The number of nitrogens with zero attached hydrogens (tertiary/aromatic N) is 3. The van der Waals surface area contributed by atoms with Crippen molar-refractivity contribution in [2.24, 2.45) is 16.8 Å². The molecule has 0 aromatic heterocycles. The van der Waals surface area contributed by atoms with E-state index in [1.807, 2.05) is 7.05 Å². The van der Waals surface area contributed by atoms with Gasteiger partial charge < -0.3 is 19.9 Å². The third kappa shape index (κ3) is 4.36. The maximum absolute atomic E-state index is 5.58. The maximum atomic E-state index is 5.58. The van der Waals surface area contributed by atoms with Crippen LogP contribution in [0.5, 0.6) is 0 Å². The molecule has 140 valence electrons. The average Bonchev–Trinajstić information content (AvgIpc) is 3.00. The van der Waals surface area contributed by atoms with Gasteiger partial charge in [0.05, 0.1) is 0 Å². The Balaban J connectivity index is 0.00000208. The Labute approximate surface area is 164 Å². The van der Waals surface area contributed by atoms with Gasteiger partial charge in [-0.05, 0) is 51.6 Å². The van der Waals surface area contributed by atoms with Gasteiger partial charge in [0.25, 0.3) is 0 Å². The summed E-state index contributed by atoms with van der Waals surface area (Å²) < 4.78 is 5.58. The zero-order chi connectivity index (χ0) is 16.3. The molecule has 3 aliphatic rings. The molecule has 0 radical (unpaired) electrons. The normalized spacial score (nSPS) is 30.0. The lowest BCUT2D eigenvalue weighted by Crippen LogP contribution is -2.57. The number of nitrogens with one attached hydrogen (secondary N) is 1. The molecule has 2 aliphatic heterocycles. The second-order valence-electron chi connectivity index (χ2n) is 7.84. The van der Waals surface area contributed by atoms with Gasteiger partial charge in [-0.25, -0.2) is 0 Å². The monoisotopic (exact) mass is 450 g/mol. The molecule has 1 N–H and O–H groups in total. The van der Waals surface area contributed by atoms with Crippen molar-refractivity contribution in [3.8, 4) is 0 Å². The Hall–Kier alpha value is -0.0800. The minimum absolute atomic E-state index is 0. The van der Waals surface area contributed by atoms with Crippen LogP contribution >= 0.6 is 24.0 Å². The first-order valence-electron chi connectivity index (χ1n) is 9.35. The molecule has 1 saturated carbocycles. The number of guanidine groups is 1. The van der Waals surface area contributed by atoms with Gasteiger partial charge in [-0.2, -0.15) is 0 Å². The van der Waals surface area contributed by atoms with E-state index in [0.717, 1.165) is 50.4 Å². The van der Waals surface area contributed by atoms with Crippen molar-refractivity contribution in [2.75, 3.05) is 54.0 Å². The minimum atomic E-state index is 0. The van der Waals surface area contributed by atoms with Crippen LogP contribution in [0.25, 0.3) is 0 Å². The molecule has 3 fully saturated rings. The van der Waals surface area contributed by atoms with Crippen LogP contribution in [0.15, 0.2) is 4.99 Å². The number of fused-ring (bicyclic) bond motifs is 1. The Morgan fingerprint density at radius 1 is 1.17 bits per heavy atom. The number of hydrogen-bond donors (Lipinski definition) is 1. The van der Waals surface area contributed by atoms with Gasteiger partial charge in [-0.15, -0.1) is 24.0 Å². The van der Waals surface area contributed by atoms with Crippen LogP contribution < -0.4 is 5.32 Å². The highest BCUT2D eigenvalue weighted by Gasteiger charge is 2.38. The summed E-state index contributed by atoms with van der Waals surface area (Å²) in [5.41, 5.74) is 0.195. The van der Waals surface area contributed by atoms with Crippen LogP contribution in [-0.2, 0) is 4.74 Å². The summed E-state index contributed by atoms with van der Waals surface area (Å²) in [4.78, 5) is 9.46. The van der Waals surface area contributed by atoms with Gasteiger partial charge in [0, 0.05) is 45.4 Å². The summed E-state index contributed by atoms with van der Waals surface area (Å²) in [6.07, 6.45) is 7.86. The zero-order valence-corrected chi connectivity index (χ0v) is 17.9. The first-order valence-corrected chi connectivity index (χ1v) is 9.35. The van der Waals surface area contributed by atoms with E-state index in [1.54, 1.807) is 0 Å². The average molecular weight is 450 g/mol. The third-order valence-corrected chi connectivity index (χ3v) is 6.44. The first-order chi connectivity index (χ1) is 11.1. The van der Waals surface area contributed by atoms with Gasteiger partial charge in [-0.3, -0.25) is 4.99 Å². The van der Waals surface area contributed by atoms with E-state index in [2.05, 4.69) is 34.2 Å². The number of halogens is 1. The van der Waals surface area contributed by atoms with Crippen LogP contribution in [0.1, 0.15) is 38.5 Å². The van der Waals surface area contributed by atoms with Gasteiger partial charge in [0.2, 0.25) is 0 Å². The van der Waals surface area contributed by atoms with Crippen LogP contribution in [-0.4, -0.2) is 75.3 Å². The summed E-state index contributed by atoms with van der Waals surface area (Å²) in [6, 6.07) is 0. The highest BCUT2D eigenvalue weighted by atomic mass is 127. The van der Waals surface area contributed by atoms with E-state index in [0.29, 0.717) is 0 Å². The quantitative estimate of drug-likeness (QED) is 0.408. The van der Waals surface area contributed by atoms with E-state index in [4.69, 9.17) is 4.74 Å². The van der Waals surface area contributed by atoms with Gasteiger partial charge >= 0.3 is 0 Å². The fourth-order valence-electron chi connectivity index (χ4n) is 4.69. The fourth-order valence-corrected chi connectivity index (χ4v) is 4.69. The van der Waals surface area contributed by atoms with Gasteiger partial charge in [0.1, 0.15) is 0 Å². The second kappa shape index (κ2) is 9.03. The van der Waals surface area contributed by atoms with Gasteiger partial charge in [-0.1, -0.05) is 12.8 Å². The molecule has 0 bridgehead atoms. The molecule has 2 heterocycles. The number of likely N-dealkylation sites (tertiary alicyclic amines) is 1. The summed E-state index contributed by atoms with van der Waals surface area (Å²) in [5.74, 6) is 2.90. The van der Waals surface area contributed by atoms with Crippen molar-refractivity contribution in [2.45, 2.75) is 44.1 Å². The van der Waals surface area contributed by atoms with Crippen molar-refractivity contribution in [1.29, 1.82) is 0 Å². The van der Waals surface area contributed by atoms with E-state index in [1.165, 1.54) is 38.8 Å². The molecule has 0 spiro atoms. The lowest BCUT2D eigenvalue weighted by molar-refractivity contribution is -0.00522. The second-order valence-corrected chi connectivity index (χ2v) is 7.84. The molecule has 3 rings (SSSR count). The Morgan fingerprint density at radius 2 is 1.75 bits per heavy atom. The molecular weight excluding hydrogens is 415 g/mol. The Kier molecular flexibility index (Phi) is 7.61. The van der Waals surface area contributed by atoms with E-state index < -0.39 is 0 Å². The van der Waals surface area contributed by atoms with Crippen molar-refractivity contribution < 1.29 is 4.74 Å². The maximum Gasteiger partial charge on any atom is 0.193 e. The molecule has 24 heavy (non-hydrogen) atoms. The summed E-state index contributed by atoms with van der Waals surface area (Å²) in [6.45, 7) is 5.09. The topological polar surface area (TPSA) is 40.1 Å². The van der Waals surface area contributed by atoms with Crippen LogP contribution in [0.4, 0.5) is 0 Å². The smallest absolute Gasteiger partial charge is 0.193 e. The molecule has 1 aliphatic carbocycles. The third-order valence-electron chi connectivity index (χ3n) is 6.44. The highest BCUT2D eigenvalue weighted by molar-refractivity contribution is 14.0. The highest BCUT2D eigenvalue weighted by Crippen LogP contribution is 2.36. The van der Waals surface area contributed by atoms with Crippen molar-refractivity contribution in [3.63, 3.8) is 0 Å². The number of rotatable bonds is 3. The van der Waals surface area contributed by atoms with Crippen molar-refractivity contribution in [3.05, 3.63) is 0 Å². The number of ether oxygens (including phenoxy) is 1. The summed E-state index contributed by atoms with van der Waals surface area (Å²) in [5, 5.41) is 3.69. The minimum Gasteiger partial charge on any atom is -0.381 e. The molecule has 6 heteroatoms. The molecular formula is C18H35IN4O. The van der Waals surface area contributed by atoms with Crippen LogP contribution in [0, 0.1) is 11.8 Å². The molecule has 0 aromatic rings. The Bertz CT molecular complexity index is 409. The molecule has 2 unspecified atom stereocenters. The Morgan fingerprint density at radius 3 is 2.25 bits per heavy atom. The van der Waals surface area contributed by atoms with Crippen LogP contribution in [0.3, 0.4) is 0 Å². The first kappa shape index (κ1) is 20.2. The summed E-state index contributed by atoms with van der Waals surface area (Å²) in [7, 11) is 6.32. The van der Waals surface area contributed by atoms with Crippen molar-refractivity contribution >= 4 is 29.9 Å².